The van der Waals surface area contributed by atoms with Gasteiger partial charge in [-0.1, -0.05) is 30.9 Å². The minimum absolute atomic E-state index is 0.0498. The lowest BCUT2D eigenvalue weighted by atomic mass is 9.89. The Balaban J connectivity index is 1.74. The number of halogens is 1. The minimum atomic E-state index is -0.229. The van der Waals surface area contributed by atoms with Gasteiger partial charge in [0.05, 0.1) is 25.9 Å². The van der Waals surface area contributed by atoms with Crippen LogP contribution in [-0.4, -0.2) is 50.5 Å². The van der Waals surface area contributed by atoms with Gasteiger partial charge in [0.1, 0.15) is 5.75 Å². The van der Waals surface area contributed by atoms with Crippen molar-refractivity contribution in [1.29, 1.82) is 0 Å². The summed E-state index contributed by atoms with van der Waals surface area (Å²) in [6.45, 7) is 1.03. The SMILES string of the molecule is COc1ccc(Cl)cc1NC(=O)CN(C)CC(=O)NCC1CCCCC1. The topological polar surface area (TPSA) is 70.7 Å². The molecule has 2 N–H and O–H groups in total. The van der Waals surface area contributed by atoms with Gasteiger partial charge in [-0.3, -0.25) is 14.5 Å². The van der Waals surface area contributed by atoms with Gasteiger partial charge in [0.15, 0.2) is 0 Å². The second kappa shape index (κ2) is 10.4. The van der Waals surface area contributed by atoms with Crippen molar-refractivity contribution in [3.05, 3.63) is 23.2 Å². The number of nitrogens with one attached hydrogen (secondary N) is 2. The molecule has 1 saturated carbocycles. The van der Waals surface area contributed by atoms with E-state index in [0.717, 1.165) is 6.54 Å². The summed E-state index contributed by atoms with van der Waals surface area (Å²) in [5.41, 5.74) is 0.514. The van der Waals surface area contributed by atoms with Crippen LogP contribution in [0.25, 0.3) is 0 Å². The molecule has 1 fully saturated rings. The van der Waals surface area contributed by atoms with Gasteiger partial charge in [-0.25, -0.2) is 0 Å². The van der Waals surface area contributed by atoms with Gasteiger partial charge in [0.2, 0.25) is 11.8 Å². The van der Waals surface area contributed by atoms with Gasteiger partial charge in [0, 0.05) is 11.6 Å². The molecule has 2 amide bonds. The third-order valence-electron chi connectivity index (χ3n) is 4.58. The molecule has 0 bridgehead atoms. The molecule has 0 heterocycles. The van der Waals surface area contributed by atoms with Crippen molar-refractivity contribution < 1.29 is 14.3 Å². The predicted molar refractivity (Wildman–Crippen MR) is 104 cm³/mol. The molecular weight excluding hydrogens is 354 g/mol. The summed E-state index contributed by atoms with van der Waals surface area (Å²) in [7, 11) is 3.27. The Kier molecular flexibility index (Phi) is 8.19. The lowest BCUT2D eigenvalue weighted by Crippen LogP contribution is -2.40. The first kappa shape index (κ1) is 20.5. The molecule has 144 valence electrons. The van der Waals surface area contributed by atoms with Gasteiger partial charge in [0.25, 0.3) is 0 Å². The number of likely N-dealkylation sites (N-methyl/N-ethyl adjacent to an activating group) is 1. The van der Waals surface area contributed by atoms with Crippen LogP contribution in [0.3, 0.4) is 0 Å². The maximum Gasteiger partial charge on any atom is 0.238 e. The smallest absolute Gasteiger partial charge is 0.238 e. The highest BCUT2D eigenvalue weighted by molar-refractivity contribution is 6.31. The molecule has 0 atom stereocenters. The Morgan fingerprint density at radius 2 is 1.88 bits per heavy atom. The number of nitrogens with zero attached hydrogens (tertiary/aromatic N) is 1. The second-order valence-electron chi connectivity index (χ2n) is 6.87. The Hall–Kier alpha value is -1.79. The molecule has 0 saturated heterocycles. The number of hydrogen-bond donors (Lipinski definition) is 2. The lowest BCUT2D eigenvalue weighted by molar-refractivity contribution is -0.123. The van der Waals surface area contributed by atoms with Crippen molar-refractivity contribution >= 4 is 29.1 Å². The highest BCUT2D eigenvalue weighted by atomic mass is 35.5. The number of anilines is 1. The van der Waals surface area contributed by atoms with E-state index in [9.17, 15) is 9.59 Å². The van der Waals surface area contributed by atoms with E-state index in [1.165, 1.54) is 39.2 Å². The third kappa shape index (κ3) is 6.84. The Bertz CT molecular complexity index is 618. The zero-order valence-corrected chi connectivity index (χ0v) is 16.3. The maximum absolute atomic E-state index is 12.2. The van der Waals surface area contributed by atoms with Gasteiger partial charge in [-0.15, -0.1) is 0 Å². The van der Waals surface area contributed by atoms with Crippen LogP contribution in [0.15, 0.2) is 18.2 Å². The molecule has 6 nitrogen and oxygen atoms in total. The average Bonchev–Trinajstić information content (AvgIpc) is 2.61. The number of hydrogen-bond acceptors (Lipinski definition) is 4. The molecule has 0 unspecified atom stereocenters. The summed E-state index contributed by atoms with van der Waals surface area (Å²) >= 11 is 5.96. The molecule has 0 aliphatic heterocycles. The fourth-order valence-corrected chi connectivity index (χ4v) is 3.39. The van der Waals surface area contributed by atoms with Gasteiger partial charge >= 0.3 is 0 Å². The average molecular weight is 382 g/mol. The largest absolute Gasteiger partial charge is 0.495 e. The highest BCUT2D eigenvalue weighted by Gasteiger charge is 2.16. The predicted octanol–water partition coefficient (Wildman–Crippen LogP) is 2.92. The van der Waals surface area contributed by atoms with E-state index in [0.29, 0.717) is 22.4 Å². The van der Waals surface area contributed by atoms with Gasteiger partial charge in [-0.05, 0) is 44.0 Å². The highest BCUT2D eigenvalue weighted by Crippen LogP contribution is 2.27. The summed E-state index contributed by atoms with van der Waals surface area (Å²) < 4.78 is 5.21. The number of amides is 2. The van der Waals surface area contributed by atoms with Crippen LogP contribution in [0.2, 0.25) is 5.02 Å². The first-order valence-electron chi connectivity index (χ1n) is 9.06. The molecule has 2 rings (SSSR count). The molecule has 7 heteroatoms. The fraction of sp³-hybridized carbons (Fsp3) is 0.579. The molecule has 0 spiro atoms. The standard InChI is InChI=1S/C19H28ClN3O3/c1-23(12-18(24)21-11-14-6-4-3-5-7-14)13-19(25)22-16-10-15(20)8-9-17(16)26-2/h8-10,14H,3-7,11-13H2,1-2H3,(H,21,24)(H,22,25). The molecule has 1 aliphatic carbocycles. The summed E-state index contributed by atoms with van der Waals surface area (Å²) in [6, 6.07) is 5.02. The molecule has 1 aromatic carbocycles. The normalized spacial score (nSPS) is 14.9. The molecule has 0 aromatic heterocycles. The number of benzene rings is 1. The van der Waals surface area contributed by atoms with E-state index in [4.69, 9.17) is 16.3 Å². The summed E-state index contributed by atoms with van der Waals surface area (Å²) in [5, 5.41) is 6.26. The van der Waals surface area contributed by atoms with Crippen molar-refractivity contribution in [1.82, 2.24) is 10.2 Å². The van der Waals surface area contributed by atoms with Crippen LogP contribution < -0.4 is 15.4 Å². The van der Waals surface area contributed by atoms with E-state index in [2.05, 4.69) is 10.6 Å². The van der Waals surface area contributed by atoms with E-state index >= 15 is 0 Å². The van der Waals surface area contributed by atoms with Crippen molar-refractivity contribution in [2.75, 3.05) is 39.1 Å². The van der Waals surface area contributed by atoms with Crippen LogP contribution in [0.5, 0.6) is 5.75 Å². The molecule has 1 aromatic rings. The third-order valence-corrected chi connectivity index (χ3v) is 4.81. The van der Waals surface area contributed by atoms with Crippen LogP contribution >= 0.6 is 11.6 Å². The first-order valence-corrected chi connectivity index (χ1v) is 9.44. The van der Waals surface area contributed by atoms with Crippen molar-refractivity contribution in [2.45, 2.75) is 32.1 Å². The van der Waals surface area contributed by atoms with Crippen molar-refractivity contribution in [2.24, 2.45) is 5.92 Å². The Morgan fingerprint density at radius 1 is 1.19 bits per heavy atom. The number of carbonyl (C=O) groups is 2. The lowest BCUT2D eigenvalue weighted by Gasteiger charge is -2.22. The monoisotopic (exact) mass is 381 g/mol. The Labute approximate surface area is 160 Å². The van der Waals surface area contributed by atoms with Crippen LogP contribution in [0, 0.1) is 5.92 Å². The first-order chi connectivity index (χ1) is 12.5. The molecular formula is C19H28ClN3O3. The zero-order chi connectivity index (χ0) is 18.9. The summed E-state index contributed by atoms with van der Waals surface area (Å²) in [6.07, 6.45) is 6.21. The van der Waals surface area contributed by atoms with Crippen LogP contribution in [-0.2, 0) is 9.59 Å². The van der Waals surface area contributed by atoms with Crippen molar-refractivity contribution in [3.63, 3.8) is 0 Å². The van der Waals surface area contributed by atoms with Gasteiger partial charge in [-0.2, -0.15) is 0 Å². The van der Waals surface area contributed by atoms with Crippen LogP contribution in [0.4, 0.5) is 5.69 Å². The molecule has 26 heavy (non-hydrogen) atoms. The minimum Gasteiger partial charge on any atom is -0.495 e. The van der Waals surface area contributed by atoms with Crippen molar-refractivity contribution in [3.8, 4) is 5.75 Å². The second-order valence-corrected chi connectivity index (χ2v) is 7.31. The van der Waals surface area contributed by atoms with E-state index < -0.39 is 0 Å². The summed E-state index contributed by atoms with van der Waals surface area (Å²) in [4.78, 5) is 25.9. The molecule has 1 aliphatic rings. The molecule has 0 radical (unpaired) electrons. The van der Waals surface area contributed by atoms with E-state index in [1.807, 2.05) is 0 Å². The fourth-order valence-electron chi connectivity index (χ4n) is 3.22. The zero-order valence-electron chi connectivity index (χ0n) is 15.5. The summed E-state index contributed by atoms with van der Waals surface area (Å²) in [5.74, 6) is 0.853. The van der Waals surface area contributed by atoms with Gasteiger partial charge < -0.3 is 15.4 Å². The Morgan fingerprint density at radius 3 is 2.58 bits per heavy atom. The van der Waals surface area contributed by atoms with E-state index in [-0.39, 0.29) is 24.9 Å². The maximum atomic E-state index is 12.2. The van der Waals surface area contributed by atoms with E-state index in [1.54, 1.807) is 30.1 Å². The quantitative estimate of drug-likeness (QED) is 0.726. The number of carbonyl (C=O) groups excluding carboxylic acids is 2. The number of ether oxygens (including phenoxy) is 1. The number of methoxy groups -OCH3 is 1. The number of rotatable bonds is 8. The van der Waals surface area contributed by atoms with Crippen LogP contribution in [0.1, 0.15) is 32.1 Å².